The smallest absolute Gasteiger partial charge is 0.256 e. The van der Waals surface area contributed by atoms with Gasteiger partial charge in [-0.3, -0.25) is 4.79 Å². The van der Waals surface area contributed by atoms with E-state index < -0.39 is 10.0 Å². The van der Waals surface area contributed by atoms with Crippen molar-refractivity contribution in [1.82, 2.24) is 4.72 Å². The van der Waals surface area contributed by atoms with Gasteiger partial charge in [-0.05, 0) is 70.6 Å². The molecular formula is C19H21BrN2O3S. The molecule has 0 heterocycles. The first-order valence-electron chi connectivity index (χ1n) is 8.49. The lowest BCUT2D eigenvalue weighted by Gasteiger charge is -2.12. The molecule has 0 atom stereocenters. The molecule has 1 aliphatic carbocycles. The molecule has 1 aliphatic rings. The summed E-state index contributed by atoms with van der Waals surface area (Å²) in [5.74, 6) is -0.0122. The summed E-state index contributed by atoms with van der Waals surface area (Å²) in [6.07, 6.45) is 1.71. The van der Waals surface area contributed by atoms with Gasteiger partial charge in [-0.1, -0.05) is 26.0 Å². The molecule has 5 nitrogen and oxygen atoms in total. The Bertz CT molecular complexity index is 938. The molecule has 0 radical (unpaired) electrons. The summed E-state index contributed by atoms with van der Waals surface area (Å²) in [4.78, 5) is 12.8. The molecule has 0 aromatic heterocycles. The first kappa shape index (κ1) is 19.1. The predicted octanol–water partition coefficient (Wildman–Crippen LogP) is 4.27. The molecule has 26 heavy (non-hydrogen) atoms. The molecule has 2 aromatic carbocycles. The number of rotatable bonds is 6. The van der Waals surface area contributed by atoms with Crippen LogP contribution in [0, 0.1) is 0 Å². The molecule has 0 aliphatic heterocycles. The van der Waals surface area contributed by atoms with Gasteiger partial charge < -0.3 is 5.32 Å². The number of sulfonamides is 1. The minimum absolute atomic E-state index is 0.0136. The van der Waals surface area contributed by atoms with Crippen LogP contribution in [-0.4, -0.2) is 20.4 Å². The number of carbonyl (C=O) groups is 1. The molecule has 0 saturated heterocycles. The highest BCUT2D eigenvalue weighted by atomic mass is 79.9. The molecular weight excluding hydrogens is 416 g/mol. The van der Waals surface area contributed by atoms with Crippen molar-refractivity contribution < 1.29 is 13.2 Å². The van der Waals surface area contributed by atoms with Crippen LogP contribution in [0.3, 0.4) is 0 Å². The van der Waals surface area contributed by atoms with Crippen LogP contribution < -0.4 is 10.0 Å². The topological polar surface area (TPSA) is 75.3 Å². The van der Waals surface area contributed by atoms with E-state index in [0.717, 1.165) is 18.4 Å². The fourth-order valence-corrected chi connectivity index (χ4v) is 4.27. The van der Waals surface area contributed by atoms with E-state index in [9.17, 15) is 13.2 Å². The molecule has 1 amide bonds. The summed E-state index contributed by atoms with van der Waals surface area (Å²) in [6.45, 7) is 4.16. The van der Waals surface area contributed by atoms with Crippen molar-refractivity contribution in [3.05, 3.63) is 58.1 Å². The molecule has 138 valence electrons. The van der Waals surface area contributed by atoms with Gasteiger partial charge in [0, 0.05) is 16.2 Å². The summed E-state index contributed by atoms with van der Waals surface area (Å²) < 4.78 is 27.9. The fourth-order valence-electron chi connectivity index (χ4n) is 2.51. The quantitative estimate of drug-likeness (QED) is 0.709. The lowest BCUT2D eigenvalue weighted by atomic mass is 10.0. The number of halogens is 1. The van der Waals surface area contributed by atoms with Crippen LogP contribution in [0.15, 0.2) is 51.8 Å². The van der Waals surface area contributed by atoms with Crippen molar-refractivity contribution in [2.24, 2.45) is 0 Å². The Morgan fingerprint density at radius 2 is 1.88 bits per heavy atom. The number of benzene rings is 2. The van der Waals surface area contributed by atoms with Crippen LogP contribution in [0.25, 0.3) is 0 Å². The zero-order chi connectivity index (χ0) is 18.9. The van der Waals surface area contributed by atoms with Gasteiger partial charge in [0.25, 0.3) is 5.91 Å². The molecule has 1 fully saturated rings. The Morgan fingerprint density at radius 3 is 2.54 bits per heavy atom. The van der Waals surface area contributed by atoms with E-state index in [1.165, 1.54) is 12.1 Å². The van der Waals surface area contributed by atoms with Gasteiger partial charge in [0.15, 0.2) is 0 Å². The van der Waals surface area contributed by atoms with Crippen LogP contribution in [0.4, 0.5) is 5.69 Å². The maximum absolute atomic E-state index is 12.7. The second-order valence-electron chi connectivity index (χ2n) is 6.77. The fraction of sp³-hybridized carbons (Fsp3) is 0.316. The summed E-state index contributed by atoms with van der Waals surface area (Å²) in [6, 6.07) is 12.1. The van der Waals surface area contributed by atoms with Gasteiger partial charge in [-0.15, -0.1) is 0 Å². The largest absolute Gasteiger partial charge is 0.322 e. The Balaban J connectivity index is 1.85. The molecule has 0 spiro atoms. The van der Waals surface area contributed by atoms with E-state index in [1.54, 1.807) is 6.07 Å². The SMILES string of the molecule is CC(C)c1cccc(NC(=O)c2cc(S(=O)(=O)NC3CC3)ccc2Br)c1. The lowest BCUT2D eigenvalue weighted by Crippen LogP contribution is -2.26. The molecule has 0 unspecified atom stereocenters. The average molecular weight is 437 g/mol. The summed E-state index contributed by atoms with van der Waals surface area (Å²) in [5.41, 5.74) is 2.07. The van der Waals surface area contributed by atoms with Crippen LogP contribution in [0.2, 0.25) is 0 Å². The second-order valence-corrected chi connectivity index (χ2v) is 9.34. The summed E-state index contributed by atoms with van der Waals surface area (Å²) >= 11 is 3.34. The van der Waals surface area contributed by atoms with Gasteiger partial charge in [-0.2, -0.15) is 0 Å². The number of nitrogens with one attached hydrogen (secondary N) is 2. The lowest BCUT2D eigenvalue weighted by molar-refractivity contribution is 0.102. The van der Waals surface area contributed by atoms with E-state index in [-0.39, 0.29) is 22.4 Å². The minimum atomic E-state index is -3.61. The summed E-state index contributed by atoms with van der Waals surface area (Å²) in [5, 5.41) is 2.84. The third kappa shape index (κ3) is 4.52. The van der Waals surface area contributed by atoms with Crippen molar-refractivity contribution in [2.75, 3.05) is 5.32 Å². The van der Waals surface area contributed by atoms with Crippen molar-refractivity contribution in [3.8, 4) is 0 Å². The number of hydrogen-bond acceptors (Lipinski definition) is 3. The number of anilines is 1. The average Bonchev–Trinajstić information content (AvgIpc) is 3.38. The number of carbonyl (C=O) groups excluding carboxylic acids is 1. The molecule has 7 heteroatoms. The highest BCUT2D eigenvalue weighted by molar-refractivity contribution is 9.10. The Labute approximate surface area is 162 Å². The summed E-state index contributed by atoms with van der Waals surface area (Å²) in [7, 11) is -3.61. The highest BCUT2D eigenvalue weighted by Gasteiger charge is 2.28. The van der Waals surface area contributed by atoms with Crippen molar-refractivity contribution in [3.63, 3.8) is 0 Å². The van der Waals surface area contributed by atoms with Crippen LogP contribution in [-0.2, 0) is 10.0 Å². The third-order valence-corrected chi connectivity index (χ3v) is 6.41. The zero-order valence-corrected chi connectivity index (χ0v) is 17.0. The first-order valence-corrected chi connectivity index (χ1v) is 10.8. The van der Waals surface area contributed by atoms with Crippen LogP contribution in [0.5, 0.6) is 0 Å². The van der Waals surface area contributed by atoms with Gasteiger partial charge in [0.2, 0.25) is 10.0 Å². The zero-order valence-electron chi connectivity index (χ0n) is 14.6. The van der Waals surface area contributed by atoms with E-state index >= 15 is 0 Å². The second kappa shape index (κ2) is 7.50. The molecule has 0 bridgehead atoms. The van der Waals surface area contributed by atoms with E-state index in [1.807, 2.05) is 24.3 Å². The maximum Gasteiger partial charge on any atom is 0.256 e. The number of hydrogen-bond donors (Lipinski definition) is 2. The van der Waals surface area contributed by atoms with Crippen molar-refractivity contribution in [1.29, 1.82) is 0 Å². The monoisotopic (exact) mass is 436 g/mol. The molecule has 2 aromatic rings. The van der Waals surface area contributed by atoms with Crippen LogP contribution >= 0.6 is 15.9 Å². The molecule has 2 N–H and O–H groups in total. The van der Waals surface area contributed by atoms with Gasteiger partial charge >= 0.3 is 0 Å². The first-order chi connectivity index (χ1) is 12.3. The maximum atomic E-state index is 12.7. The van der Waals surface area contributed by atoms with Crippen molar-refractivity contribution >= 4 is 37.5 Å². The number of amides is 1. The van der Waals surface area contributed by atoms with Crippen LogP contribution in [0.1, 0.15) is 48.5 Å². The standard InChI is InChI=1S/C19H21BrN2O3S/c1-12(2)13-4-3-5-15(10-13)21-19(23)17-11-16(8-9-18(17)20)26(24,25)22-14-6-7-14/h3-5,8-12,14,22H,6-7H2,1-2H3,(H,21,23). The van der Waals surface area contributed by atoms with E-state index in [0.29, 0.717) is 16.1 Å². The molecule has 1 saturated carbocycles. The Morgan fingerprint density at radius 1 is 1.15 bits per heavy atom. The third-order valence-electron chi connectivity index (χ3n) is 4.20. The van der Waals surface area contributed by atoms with Crippen molar-refractivity contribution in [2.45, 2.75) is 43.5 Å². The van der Waals surface area contributed by atoms with E-state index in [2.05, 4.69) is 39.8 Å². The predicted molar refractivity (Wildman–Crippen MR) is 106 cm³/mol. The molecule has 3 rings (SSSR count). The Kier molecular flexibility index (Phi) is 5.50. The van der Waals surface area contributed by atoms with Gasteiger partial charge in [0.05, 0.1) is 10.5 Å². The Hall–Kier alpha value is -1.70. The van der Waals surface area contributed by atoms with Gasteiger partial charge in [0.1, 0.15) is 0 Å². The normalized spacial score (nSPS) is 14.5. The van der Waals surface area contributed by atoms with E-state index in [4.69, 9.17) is 0 Å². The minimum Gasteiger partial charge on any atom is -0.322 e. The van der Waals surface area contributed by atoms with Gasteiger partial charge in [-0.25, -0.2) is 13.1 Å². The highest BCUT2D eigenvalue weighted by Crippen LogP contribution is 2.26.